The third-order valence-electron chi connectivity index (χ3n) is 3.58. The maximum Gasteiger partial charge on any atom is 0.0841 e. The van der Waals surface area contributed by atoms with Crippen molar-refractivity contribution in [2.45, 2.75) is 12.3 Å². The topological polar surface area (TPSA) is 0 Å². The first-order valence-electron chi connectivity index (χ1n) is 6.54. The van der Waals surface area contributed by atoms with Gasteiger partial charge in [0.2, 0.25) is 0 Å². The van der Waals surface area contributed by atoms with Crippen molar-refractivity contribution in [2.24, 2.45) is 0 Å². The highest BCUT2D eigenvalue weighted by Gasteiger charge is 2.14. The summed E-state index contributed by atoms with van der Waals surface area (Å²) in [7, 11) is 0. The summed E-state index contributed by atoms with van der Waals surface area (Å²) in [5, 5.41) is 2.95. The molecule has 0 nitrogen and oxygen atoms in total. The van der Waals surface area contributed by atoms with Gasteiger partial charge in [-0.05, 0) is 40.5 Å². The van der Waals surface area contributed by atoms with E-state index in [1.54, 1.807) is 0 Å². The molecule has 0 radical (unpaired) electrons. The maximum absolute atomic E-state index is 6.68. The van der Waals surface area contributed by atoms with Gasteiger partial charge in [0.15, 0.2) is 0 Å². The first kappa shape index (κ1) is 13.5. The fourth-order valence-electron chi connectivity index (χ4n) is 2.42. The van der Waals surface area contributed by atoms with E-state index in [-0.39, 0.29) is 5.38 Å². The quantitative estimate of drug-likeness (QED) is 0.499. The summed E-state index contributed by atoms with van der Waals surface area (Å²) < 4.78 is 0. The predicted octanol–water partition coefficient (Wildman–Crippen LogP) is 6.13. The van der Waals surface area contributed by atoms with Crippen molar-refractivity contribution in [2.75, 3.05) is 0 Å². The van der Waals surface area contributed by atoms with E-state index in [1.165, 1.54) is 10.8 Å². The number of alkyl halides is 1. The highest BCUT2D eigenvalue weighted by Crippen LogP contribution is 2.35. The second kappa shape index (κ2) is 5.47. The van der Waals surface area contributed by atoms with E-state index in [4.69, 9.17) is 23.2 Å². The lowest BCUT2D eigenvalue weighted by molar-refractivity contribution is 1.15. The lowest BCUT2D eigenvalue weighted by Crippen LogP contribution is -1.95. The molecule has 3 aromatic carbocycles. The molecule has 3 aromatic rings. The zero-order valence-electron chi connectivity index (χ0n) is 11.1. The minimum absolute atomic E-state index is 0.195. The number of benzene rings is 3. The average molecular weight is 301 g/mol. The summed E-state index contributed by atoms with van der Waals surface area (Å²) in [6, 6.07) is 20.5. The van der Waals surface area contributed by atoms with Gasteiger partial charge in [-0.1, -0.05) is 66.2 Å². The monoisotopic (exact) mass is 300 g/mol. The molecule has 0 saturated carbocycles. The molecule has 0 aromatic heterocycles. The molecule has 1 atom stereocenters. The van der Waals surface area contributed by atoms with Gasteiger partial charge in [0.05, 0.1) is 5.38 Å². The van der Waals surface area contributed by atoms with E-state index < -0.39 is 0 Å². The van der Waals surface area contributed by atoms with Gasteiger partial charge in [0.1, 0.15) is 0 Å². The van der Waals surface area contributed by atoms with E-state index in [9.17, 15) is 0 Å². The molecule has 0 N–H and O–H groups in total. The normalized spacial score (nSPS) is 12.6. The third-order valence-corrected chi connectivity index (χ3v) is 4.48. The van der Waals surface area contributed by atoms with Gasteiger partial charge in [-0.25, -0.2) is 0 Å². The minimum Gasteiger partial charge on any atom is -0.113 e. The van der Waals surface area contributed by atoms with Gasteiger partial charge in [-0.15, -0.1) is 11.6 Å². The van der Waals surface area contributed by atoms with Crippen LogP contribution in [0.1, 0.15) is 22.1 Å². The molecule has 0 spiro atoms. The van der Waals surface area contributed by atoms with Crippen molar-refractivity contribution in [3.05, 3.63) is 82.4 Å². The summed E-state index contributed by atoms with van der Waals surface area (Å²) in [4.78, 5) is 0. The van der Waals surface area contributed by atoms with E-state index in [2.05, 4.69) is 24.3 Å². The molecule has 0 heterocycles. The number of hydrogen-bond acceptors (Lipinski definition) is 0. The Hall–Kier alpha value is -1.50. The molecule has 1 unspecified atom stereocenters. The Bertz CT molecular complexity index is 757. The van der Waals surface area contributed by atoms with Gasteiger partial charge in [0, 0.05) is 5.02 Å². The van der Waals surface area contributed by atoms with Gasteiger partial charge < -0.3 is 0 Å². The van der Waals surface area contributed by atoms with Crippen LogP contribution in [0.4, 0.5) is 0 Å². The van der Waals surface area contributed by atoms with Crippen LogP contribution >= 0.6 is 23.2 Å². The molecule has 0 amide bonds. The molecule has 0 aliphatic carbocycles. The second-order valence-electron chi connectivity index (χ2n) is 4.94. The van der Waals surface area contributed by atoms with Crippen molar-refractivity contribution < 1.29 is 0 Å². The number of rotatable bonds is 2. The Morgan fingerprint density at radius 3 is 2.45 bits per heavy atom. The molecule has 0 fully saturated rings. The number of aryl methyl sites for hydroxylation is 1. The van der Waals surface area contributed by atoms with Crippen LogP contribution in [0.3, 0.4) is 0 Å². The van der Waals surface area contributed by atoms with Crippen LogP contribution in [0.2, 0.25) is 5.02 Å². The van der Waals surface area contributed by atoms with Crippen molar-refractivity contribution in [1.82, 2.24) is 0 Å². The Balaban J connectivity index is 2.12. The van der Waals surface area contributed by atoms with Crippen LogP contribution < -0.4 is 0 Å². The largest absolute Gasteiger partial charge is 0.113 e. The fourth-order valence-corrected chi connectivity index (χ4v) is 2.93. The predicted molar refractivity (Wildman–Crippen MR) is 87.8 cm³/mol. The van der Waals surface area contributed by atoms with Crippen molar-refractivity contribution >= 4 is 34.0 Å². The summed E-state index contributed by atoms with van der Waals surface area (Å²) >= 11 is 12.9. The van der Waals surface area contributed by atoms with Crippen LogP contribution in [0.5, 0.6) is 0 Å². The first-order valence-corrected chi connectivity index (χ1v) is 7.36. The Labute approximate surface area is 129 Å². The maximum atomic E-state index is 6.68. The van der Waals surface area contributed by atoms with Crippen LogP contribution in [0.15, 0.2) is 60.7 Å². The summed E-state index contributed by atoms with van der Waals surface area (Å²) in [5.41, 5.74) is 3.21. The molecule has 2 heteroatoms. The molecule has 100 valence electrons. The van der Waals surface area contributed by atoms with E-state index >= 15 is 0 Å². The molecule has 3 rings (SSSR count). The fraction of sp³-hybridized carbons (Fsp3) is 0.111. The van der Waals surface area contributed by atoms with Crippen LogP contribution in [-0.2, 0) is 0 Å². The van der Waals surface area contributed by atoms with Crippen LogP contribution in [0.25, 0.3) is 10.8 Å². The number of hydrogen-bond donors (Lipinski definition) is 0. The third kappa shape index (κ3) is 2.42. The number of fused-ring (bicyclic) bond motifs is 1. The smallest absolute Gasteiger partial charge is 0.0841 e. The molecule has 0 saturated heterocycles. The van der Waals surface area contributed by atoms with Crippen molar-refractivity contribution in [3.63, 3.8) is 0 Å². The number of halogens is 2. The highest BCUT2D eigenvalue weighted by molar-refractivity contribution is 6.31. The standard InChI is InChI=1S/C18H14Cl2/c1-12-9-10-14(11-17(12)19)18(20)16-8-4-6-13-5-2-3-7-15(13)16/h2-11,18H,1H3. The van der Waals surface area contributed by atoms with Gasteiger partial charge in [-0.2, -0.15) is 0 Å². The lowest BCUT2D eigenvalue weighted by Gasteiger charge is -2.14. The Morgan fingerprint density at radius 2 is 1.65 bits per heavy atom. The SMILES string of the molecule is Cc1ccc(C(Cl)c2cccc3ccccc23)cc1Cl. The molecule has 0 aliphatic rings. The molecular formula is C18H14Cl2. The van der Waals surface area contributed by atoms with E-state index in [1.807, 2.05) is 43.3 Å². The summed E-state index contributed by atoms with van der Waals surface area (Å²) in [6.45, 7) is 1.99. The Kier molecular flexibility index (Phi) is 3.69. The summed E-state index contributed by atoms with van der Waals surface area (Å²) in [5.74, 6) is 0. The van der Waals surface area contributed by atoms with Crippen molar-refractivity contribution in [1.29, 1.82) is 0 Å². The van der Waals surface area contributed by atoms with Gasteiger partial charge in [0.25, 0.3) is 0 Å². The zero-order chi connectivity index (χ0) is 14.1. The molecular weight excluding hydrogens is 287 g/mol. The average Bonchev–Trinajstić information content (AvgIpc) is 2.49. The Morgan fingerprint density at radius 1 is 0.900 bits per heavy atom. The van der Waals surface area contributed by atoms with Crippen LogP contribution in [-0.4, -0.2) is 0 Å². The van der Waals surface area contributed by atoms with Gasteiger partial charge >= 0.3 is 0 Å². The summed E-state index contributed by atoms with van der Waals surface area (Å²) in [6.07, 6.45) is 0. The van der Waals surface area contributed by atoms with E-state index in [0.717, 1.165) is 21.7 Å². The second-order valence-corrected chi connectivity index (χ2v) is 5.78. The van der Waals surface area contributed by atoms with Gasteiger partial charge in [-0.3, -0.25) is 0 Å². The van der Waals surface area contributed by atoms with Crippen molar-refractivity contribution in [3.8, 4) is 0 Å². The lowest BCUT2D eigenvalue weighted by atomic mass is 9.97. The molecule has 0 aliphatic heterocycles. The highest BCUT2D eigenvalue weighted by atomic mass is 35.5. The zero-order valence-corrected chi connectivity index (χ0v) is 12.6. The first-order chi connectivity index (χ1) is 9.66. The molecule has 0 bridgehead atoms. The van der Waals surface area contributed by atoms with E-state index in [0.29, 0.717) is 0 Å². The molecule has 20 heavy (non-hydrogen) atoms. The van der Waals surface area contributed by atoms with Crippen LogP contribution in [0, 0.1) is 6.92 Å². The minimum atomic E-state index is -0.195.